The molecular formula is C26H30FN5O2S. The van der Waals surface area contributed by atoms with Crippen LogP contribution in [-0.2, 0) is 16.6 Å². The third kappa shape index (κ3) is 4.38. The Balaban J connectivity index is 1.38. The molecule has 0 amide bonds. The summed E-state index contributed by atoms with van der Waals surface area (Å²) in [6, 6.07) is 10.5. The SMILES string of the molecule is CCCn1cc(S(=O)(=O)N2CC[C@@H](c3cc4cnn(-c5ccc(F)cc5)c4cc3C)C[C@H]2C)cn1. The predicted molar refractivity (Wildman–Crippen MR) is 134 cm³/mol. The fourth-order valence-electron chi connectivity index (χ4n) is 5.18. The topological polar surface area (TPSA) is 73.0 Å². The average Bonchev–Trinajstić information content (AvgIpc) is 3.47. The van der Waals surface area contributed by atoms with E-state index in [0.717, 1.165) is 41.4 Å². The zero-order chi connectivity index (χ0) is 24.7. The molecule has 0 saturated carbocycles. The van der Waals surface area contributed by atoms with Gasteiger partial charge in [-0.2, -0.15) is 14.5 Å². The molecule has 0 unspecified atom stereocenters. The van der Waals surface area contributed by atoms with E-state index in [1.54, 1.807) is 27.3 Å². The molecule has 7 nitrogen and oxygen atoms in total. The van der Waals surface area contributed by atoms with Crippen molar-refractivity contribution in [3.63, 3.8) is 0 Å². The van der Waals surface area contributed by atoms with Gasteiger partial charge < -0.3 is 0 Å². The minimum Gasteiger partial charge on any atom is -0.271 e. The lowest BCUT2D eigenvalue weighted by molar-refractivity contribution is 0.246. The molecule has 2 atom stereocenters. The molecule has 1 saturated heterocycles. The van der Waals surface area contributed by atoms with Crippen LogP contribution in [0.5, 0.6) is 0 Å². The molecule has 0 bridgehead atoms. The van der Waals surface area contributed by atoms with Crippen molar-refractivity contribution in [1.29, 1.82) is 0 Å². The van der Waals surface area contributed by atoms with Gasteiger partial charge in [-0.3, -0.25) is 4.68 Å². The van der Waals surface area contributed by atoms with Crippen LogP contribution >= 0.6 is 0 Å². The number of fused-ring (bicyclic) bond motifs is 1. The van der Waals surface area contributed by atoms with Gasteiger partial charge in [0.15, 0.2) is 0 Å². The smallest absolute Gasteiger partial charge is 0.246 e. The molecule has 0 aliphatic carbocycles. The van der Waals surface area contributed by atoms with Crippen LogP contribution in [0.3, 0.4) is 0 Å². The molecule has 9 heteroatoms. The van der Waals surface area contributed by atoms with E-state index in [4.69, 9.17) is 0 Å². The fraction of sp³-hybridized carbons (Fsp3) is 0.385. The maximum atomic E-state index is 13.4. The van der Waals surface area contributed by atoms with Gasteiger partial charge in [0.25, 0.3) is 0 Å². The van der Waals surface area contributed by atoms with Crippen LogP contribution in [0.15, 0.2) is 59.9 Å². The Labute approximate surface area is 205 Å². The minimum atomic E-state index is -3.58. The number of rotatable bonds is 6. The van der Waals surface area contributed by atoms with Crippen molar-refractivity contribution in [3.05, 3.63) is 71.9 Å². The normalized spacial score (nSPS) is 19.4. The number of piperidine rings is 1. The van der Waals surface area contributed by atoms with Crippen molar-refractivity contribution in [3.8, 4) is 5.69 Å². The first-order valence-electron chi connectivity index (χ1n) is 12.1. The summed E-state index contributed by atoms with van der Waals surface area (Å²) >= 11 is 0. The average molecular weight is 496 g/mol. The highest BCUT2D eigenvalue weighted by molar-refractivity contribution is 7.89. The van der Waals surface area contributed by atoms with Crippen molar-refractivity contribution in [2.45, 2.75) is 63.4 Å². The lowest BCUT2D eigenvalue weighted by Crippen LogP contribution is -2.44. The second-order valence-electron chi connectivity index (χ2n) is 9.43. The number of hydrogen-bond acceptors (Lipinski definition) is 4. The fourth-order valence-corrected chi connectivity index (χ4v) is 6.79. The van der Waals surface area contributed by atoms with E-state index in [1.165, 1.54) is 23.9 Å². The number of hydrogen-bond donors (Lipinski definition) is 0. The van der Waals surface area contributed by atoms with Crippen molar-refractivity contribution in [2.24, 2.45) is 0 Å². The molecule has 0 N–H and O–H groups in total. The number of halogens is 1. The lowest BCUT2D eigenvalue weighted by Gasteiger charge is -2.37. The third-order valence-electron chi connectivity index (χ3n) is 6.95. The molecule has 2 aromatic heterocycles. The summed E-state index contributed by atoms with van der Waals surface area (Å²) in [6.07, 6.45) is 7.33. The van der Waals surface area contributed by atoms with Gasteiger partial charge in [0.2, 0.25) is 10.0 Å². The molecule has 1 aliphatic rings. The first-order chi connectivity index (χ1) is 16.8. The Morgan fingerprint density at radius 3 is 2.60 bits per heavy atom. The van der Waals surface area contributed by atoms with Crippen molar-refractivity contribution < 1.29 is 12.8 Å². The van der Waals surface area contributed by atoms with Gasteiger partial charge in [-0.05, 0) is 86.6 Å². The summed E-state index contributed by atoms with van der Waals surface area (Å²) in [5, 5.41) is 9.75. The van der Waals surface area contributed by atoms with Gasteiger partial charge in [-0.15, -0.1) is 0 Å². The van der Waals surface area contributed by atoms with Gasteiger partial charge in [0.05, 0.1) is 23.6 Å². The van der Waals surface area contributed by atoms with Crippen molar-refractivity contribution in [2.75, 3.05) is 6.54 Å². The molecule has 3 heterocycles. The van der Waals surface area contributed by atoms with Crippen LogP contribution in [0.2, 0.25) is 0 Å². The van der Waals surface area contributed by atoms with Crippen LogP contribution in [0.25, 0.3) is 16.6 Å². The molecule has 0 radical (unpaired) electrons. The zero-order valence-corrected chi connectivity index (χ0v) is 21.0. The molecule has 4 aromatic rings. The number of nitrogens with zero attached hydrogens (tertiary/aromatic N) is 5. The largest absolute Gasteiger partial charge is 0.271 e. The molecule has 2 aromatic carbocycles. The Morgan fingerprint density at radius 1 is 1.11 bits per heavy atom. The monoisotopic (exact) mass is 495 g/mol. The van der Waals surface area contributed by atoms with E-state index in [0.29, 0.717) is 13.1 Å². The maximum Gasteiger partial charge on any atom is 0.246 e. The Bertz CT molecular complexity index is 1460. The second-order valence-corrected chi connectivity index (χ2v) is 11.3. The zero-order valence-electron chi connectivity index (χ0n) is 20.2. The van der Waals surface area contributed by atoms with Gasteiger partial charge in [0, 0.05) is 30.7 Å². The van der Waals surface area contributed by atoms with E-state index in [-0.39, 0.29) is 22.7 Å². The van der Waals surface area contributed by atoms with Gasteiger partial charge in [-0.1, -0.05) is 6.92 Å². The predicted octanol–water partition coefficient (Wildman–Crippen LogP) is 5.04. The van der Waals surface area contributed by atoms with Crippen molar-refractivity contribution in [1.82, 2.24) is 23.9 Å². The van der Waals surface area contributed by atoms with Crippen LogP contribution in [0.4, 0.5) is 4.39 Å². The second kappa shape index (κ2) is 9.20. The summed E-state index contributed by atoms with van der Waals surface area (Å²) < 4.78 is 45.1. The van der Waals surface area contributed by atoms with E-state index in [9.17, 15) is 12.8 Å². The molecule has 5 rings (SSSR count). The highest BCUT2D eigenvalue weighted by atomic mass is 32.2. The number of sulfonamides is 1. The number of benzene rings is 2. The minimum absolute atomic E-state index is 0.120. The van der Waals surface area contributed by atoms with E-state index < -0.39 is 10.0 Å². The number of aromatic nitrogens is 4. The summed E-state index contributed by atoms with van der Waals surface area (Å²) in [4.78, 5) is 0.266. The lowest BCUT2D eigenvalue weighted by atomic mass is 9.84. The molecular weight excluding hydrogens is 465 g/mol. The van der Waals surface area contributed by atoms with E-state index in [2.05, 4.69) is 29.3 Å². The quantitative estimate of drug-likeness (QED) is 0.376. The summed E-state index contributed by atoms with van der Waals surface area (Å²) in [6.45, 7) is 7.29. The highest BCUT2D eigenvalue weighted by Crippen LogP contribution is 2.37. The van der Waals surface area contributed by atoms with Gasteiger partial charge in [0.1, 0.15) is 10.7 Å². The summed E-state index contributed by atoms with van der Waals surface area (Å²) in [5.74, 6) is -0.0150. The Kier molecular flexibility index (Phi) is 6.23. The summed E-state index contributed by atoms with van der Waals surface area (Å²) in [7, 11) is -3.58. The standard InChI is InChI=1S/C26H30FN5O2S/c1-4-10-30-17-24(16-28-30)35(33,34)31-11-9-20(13-19(31)3)25-14-21-15-29-32(26(21)12-18(25)2)23-7-5-22(27)6-8-23/h5-8,12,14-17,19-20H,4,9-11,13H2,1-3H3/t19-,20-/m1/s1. The highest BCUT2D eigenvalue weighted by Gasteiger charge is 2.36. The van der Waals surface area contributed by atoms with Crippen LogP contribution in [0.1, 0.15) is 50.2 Å². The molecule has 1 aliphatic heterocycles. The third-order valence-corrected chi connectivity index (χ3v) is 8.92. The van der Waals surface area contributed by atoms with Crippen LogP contribution in [0, 0.1) is 12.7 Å². The molecule has 1 fully saturated rings. The Morgan fingerprint density at radius 2 is 1.89 bits per heavy atom. The van der Waals surface area contributed by atoms with Crippen molar-refractivity contribution >= 4 is 20.9 Å². The Hall–Kier alpha value is -3.04. The molecule has 35 heavy (non-hydrogen) atoms. The maximum absolute atomic E-state index is 13.4. The first-order valence-corrected chi connectivity index (χ1v) is 13.5. The van der Waals surface area contributed by atoms with Crippen LogP contribution in [-0.4, -0.2) is 44.9 Å². The van der Waals surface area contributed by atoms with Crippen LogP contribution < -0.4 is 0 Å². The first kappa shape index (κ1) is 23.7. The van der Waals surface area contributed by atoms with E-state index >= 15 is 0 Å². The number of aryl methyl sites for hydroxylation is 2. The summed E-state index contributed by atoms with van der Waals surface area (Å²) in [5.41, 5.74) is 4.16. The van der Waals surface area contributed by atoms with Gasteiger partial charge in [-0.25, -0.2) is 17.5 Å². The molecule has 184 valence electrons. The van der Waals surface area contributed by atoms with Gasteiger partial charge >= 0.3 is 0 Å². The van der Waals surface area contributed by atoms with E-state index in [1.807, 2.05) is 24.7 Å². The molecule has 0 spiro atoms.